The van der Waals surface area contributed by atoms with Crippen LogP contribution in [0.5, 0.6) is 0 Å². The van der Waals surface area contributed by atoms with Crippen LogP contribution in [0.2, 0.25) is 5.02 Å². The summed E-state index contributed by atoms with van der Waals surface area (Å²) in [7, 11) is 2.03. The zero-order chi connectivity index (χ0) is 12.3. The predicted molar refractivity (Wildman–Crippen MR) is 70.2 cm³/mol. The largest absolute Gasteiger partial charge is 0.335 e. The summed E-state index contributed by atoms with van der Waals surface area (Å²) in [5.41, 5.74) is 7.90. The molecule has 2 N–H and O–H groups in total. The summed E-state index contributed by atoms with van der Waals surface area (Å²) in [5, 5.41) is 0.763. The minimum atomic E-state index is 0.649. The molecule has 1 aromatic heterocycles. The van der Waals surface area contributed by atoms with E-state index in [0.29, 0.717) is 6.54 Å². The van der Waals surface area contributed by atoms with E-state index in [1.54, 1.807) is 0 Å². The Morgan fingerprint density at radius 2 is 2.24 bits per heavy atom. The fourth-order valence-corrected chi connectivity index (χ4v) is 2.07. The highest BCUT2D eigenvalue weighted by Gasteiger charge is 2.06. The number of aromatic nitrogens is 2. The lowest BCUT2D eigenvalue weighted by molar-refractivity contribution is 0.758. The van der Waals surface area contributed by atoms with Gasteiger partial charge in [0.15, 0.2) is 0 Å². The van der Waals surface area contributed by atoms with Crippen molar-refractivity contribution in [2.45, 2.75) is 12.8 Å². The maximum absolute atomic E-state index is 5.96. The number of nitrogens with two attached hydrogens (primary N) is 1. The highest BCUT2D eigenvalue weighted by Crippen LogP contribution is 2.14. The van der Waals surface area contributed by atoms with Gasteiger partial charge in [-0.15, -0.1) is 0 Å². The molecule has 0 aliphatic rings. The normalized spacial score (nSPS) is 10.8. The Hall–Kier alpha value is -1.32. The molecule has 4 heteroatoms. The molecule has 0 fully saturated rings. The second-order valence-corrected chi connectivity index (χ2v) is 4.51. The van der Waals surface area contributed by atoms with E-state index in [0.717, 1.165) is 23.7 Å². The molecule has 0 aliphatic heterocycles. The molecular weight excluding hydrogens is 234 g/mol. The Balaban J connectivity index is 2.19. The van der Waals surface area contributed by atoms with Crippen LogP contribution in [-0.4, -0.2) is 16.1 Å². The average molecular weight is 250 g/mol. The highest BCUT2D eigenvalue weighted by molar-refractivity contribution is 6.30. The van der Waals surface area contributed by atoms with E-state index in [-0.39, 0.29) is 0 Å². The van der Waals surface area contributed by atoms with Gasteiger partial charge in [0, 0.05) is 36.8 Å². The van der Waals surface area contributed by atoms with Crippen molar-refractivity contribution in [3.63, 3.8) is 0 Å². The molecule has 0 radical (unpaired) electrons. The van der Waals surface area contributed by atoms with Gasteiger partial charge in [0.2, 0.25) is 0 Å². The van der Waals surface area contributed by atoms with Gasteiger partial charge in [-0.1, -0.05) is 23.7 Å². The van der Waals surface area contributed by atoms with E-state index in [4.69, 9.17) is 17.3 Å². The molecule has 0 saturated heterocycles. The average Bonchev–Trinajstić information content (AvgIpc) is 2.62. The first-order chi connectivity index (χ1) is 8.20. The molecule has 17 heavy (non-hydrogen) atoms. The first kappa shape index (κ1) is 12.1. The number of hydrogen-bond donors (Lipinski definition) is 1. The lowest BCUT2D eigenvalue weighted by Crippen LogP contribution is -2.08. The van der Waals surface area contributed by atoms with Gasteiger partial charge < -0.3 is 10.3 Å². The van der Waals surface area contributed by atoms with Crippen molar-refractivity contribution in [3.05, 3.63) is 52.6 Å². The number of benzene rings is 1. The summed E-state index contributed by atoms with van der Waals surface area (Å²) in [5.74, 6) is 1.04. The minimum Gasteiger partial charge on any atom is -0.335 e. The lowest BCUT2D eigenvalue weighted by Gasteiger charge is -2.05. The fourth-order valence-electron chi connectivity index (χ4n) is 1.86. The smallest absolute Gasteiger partial charge is 0.113 e. The Morgan fingerprint density at radius 3 is 2.94 bits per heavy atom. The molecule has 0 unspecified atom stereocenters. The van der Waals surface area contributed by atoms with Crippen molar-refractivity contribution in [1.82, 2.24) is 9.55 Å². The maximum atomic E-state index is 5.96. The van der Waals surface area contributed by atoms with Crippen LogP contribution in [0.3, 0.4) is 0 Å². The van der Waals surface area contributed by atoms with Gasteiger partial charge in [-0.3, -0.25) is 0 Å². The van der Waals surface area contributed by atoms with Crippen LogP contribution in [0.4, 0.5) is 0 Å². The summed E-state index contributed by atoms with van der Waals surface area (Å²) >= 11 is 5.96. The summed E-state index contributed by atoms with van der Waals surface area (Å²) in [6.45, 7) is 0.649. The van der Waals surface area contributed by atoms with Crippen molar-refractivity contribution >= 4 is 11.6 Å². The molecule has 1 aromatic carbocycles. The van der Waals surface area contributed by atoms with E-state index in [9.17, 15) is 0 Å². The topological polar surface area (TPSA) is 43.8 Å². The van der Waals surface area contributed by atoms with Crippen LogP contribution >= 0.6 is 11.6 Å². The molecular formula is C13H16ClN3. The zero-order valence-electron chi connectivity index (χ0n) is 9.86. The van der Waals surface area contributed by atoms with Crippen molar-refractivity contribution in [2.75, 3.05) is 6.54 Å². The number of nitrogens with zero attached hydrogens (tertiary/aromatic N) is 2. The standard InChI is InChI=1S/C13H16ClN3/c1-17-12(5-6-15)9-16-13(17)8-10-3-2-4-11(14)7-10/h2-4,7,9H,5-6,8,15H2,1H3. The molecule has 3 nitrogen and oxygen atoms in total. The van der Waals surface area contributed by atoms with Crippen molar-refractivity contribution in [1.29, 1.82) is 0 Å². The first-order valence-corrected chi connectivity index (χ1v) is 6.02. The second-order valence-electron chi connectivity index (χ2n) is 4.07. The van der Waals surface area contributed by atoms with Crippen LogP contribution in [0.15, 0.2) is 30.5 Å². The van der Waals surface area contributed by atoms with E-state index in [1.165, 1.54) is 11.3 Å². The second kappa shape index (κ2) is 5.34. The molecule has 0 atom stereocenters. The molecule has 90 valence electrons. The first-order valence-electron chi connectivity index (χ1n) is 5.64. The molecule has 0 aliphatic carbocycles. The lowest BCUT2D eigenvalue weighted by atomic mass is 10.1. The summed E-state index contributed by atoms with van der Waals surface area (Å²) in [6.07, 6.45) is 3.55. The van der Waals surface area contributed by atoms with Gasteiger partial charge in [-0.05, 0) is 24.2 Å². The number of imidazole rings is 1. The van der Waals surface area contributed by atoms with Crippen LogP contribution < -0.4 is 5.73 Å². The minimum absolute atomic E-state index is 0.649. The van der Waals surface area contributed by atoms with Crippen LogP contribution in [0, 0.1) is 0 Å². The Morgan fingerprint density at radius 1 is 1.41 bits per heavy atom. The van der Waals surface area contributed by atoms with Gasteiger partial charge in [0.05, 0.1) is 0 Å². The van der Waals surface area contributed by atoms with Crippen LogP contribution in [0.1, 0.15) is 17.1 Å². The van der Waals surface area contributed by atoms with E-state index < -0.39 is 0 Å². The monoisotopic (exact) mass is 249 g/mol. The molecule has 0 saturated carbocycles. The quantitative estimate of drug-likeness (QED) is 0.903. The molecule has 1 heterocycles. The third kappa shape index (κ3) is 2.87. The Kier molecular flexibility index (Phi) is 3.82. The third-order valence-electron chi connectivity index (χ3n) is 2.83. The summed E-state index contributed by atoms with van der Waals surface area (Å²) < 4.78 is 2.10. The van der Waals surface area contributed by atoms with Crippen molar-refractivity contribution in [3.8, 4) is 0 Å². The SMILES string of the molecule is Cn1c(CCN)cnc1Cc1cccc(Cl)c1. The van der Waals surface area contributed by atoms with E-state index in [1.807, 2.05) is 31.4 Å². The highest BCUT2D eigenvalue weighted by atomic mass is 35.5. The predicted octanol–water partition coefficient (Wildman–Crippen LogP) is 2.17. The third-order valence-corrected chi connectivity index (χ3v) is 3.07. The molecule has 2 rings (SSSR count). The summed E-state index contributed by atoms with van der Waals surface area (Å²) in [4.78, 5) is 4.42. The van der Waals surface area contributed by atoms with Crippen molar-refractivity contribution in [2.24, 2.45) is 12.8 Å². The molecule has 0 bridgehead atoms. The van der Waals surface area contributed by atoms with Gasteiger partial charge in [0.1, 0.15) is 5.82 Å². The zero-order valence-corrected chi connectivity index (χ0v) is 10.6. The van der Waals surface area contributed by atoms with Crippen molar-refractivity contribution < 1.29 is 0 Å². The number of rotatable bonds is 4. The number of halogens is 1. The maximum Gasteiger partial charge on any atom is 0.113 e. The van der Waals surface area contributed by atoms with Crippen LogP contribution in [0.25, 0.3) is 0 Å². The molecule has 0 spiro atoms. The van der Waals surface area contributed by atoms with Gasteiger partial charge in [-0.25, -0.2) is 4.98 Å². The Labute approximate surface area is 106 Å². The van der Waals surface area contributed by atoms with Gasteiger partial charge in [0.25, 0.3) is 0 Å². The van der Waals surface area contributed by atoms with Gasteiger partial charge in [-0.2, -0.15) is 0 Å². The Bertz CT molecular complexity index is 505. The number of hydrogen-bond acceptors (Lipinski definition) is 2. The van der Waals surface area contributed by atoms with Crippen LogP contribution in [-0.2, 0) is 19.9 Å². The summed E-state index contributed by atoms with van der Waals surface area (Å²) in [6, 6.07) is 7.87. The van der Waals surface area contributed by atoms with E-state index >= 15 is 0 Å². The molecule has 0 amide bonds. The fraction of sp³-hybridized carbons (Fsp3) is 0.308. The molecule has 2 aromatic rings. The van der Waals surface area contributed by atoms with E-state index in [2.05, 4.69) is 15.6 Å². The van der Waals surface area contributed by atoms with Gasteiger partial charge >= 0.3 is 0 Å².